The molecule has 0 fully saturated rings. The van der Waals surface area contributed by atoms with Crippen LogP contribution in [0.3, 0.4) is 0 Å². The Kier molecular flexibility index (Phi) is 4.24. The van der Waals surface area contributed by atoms with Crippen molar-refractivity contribution >= 4 is 5.97 Å². The van der Waals surface area contributed by atoms with Gasteiger partial charge in [-0.25, -0.2) is 0 Å². The molecule has 0 saturated heterocycles. The summed E-state index contributed by atoms with van der Waals surface area (Å²) in [6, 6.07) is 0. The second kappa shape index (κ2) is 4.45. The fraction of sp³-hybridized carbons (Fsp3) is 0.889. The number of hydrogen-bond donors (Lipinski definition) is 2. The van der Waals surface area contributed by atoms with Gasteiger partial charge in [-0.05, 0) is 17.8 Å². The SMILES string of the molecule is CC(C)(C)C(CO)CCC(=O)O. The lowest BCUT2D eigenvalue weighted by atomic mass is 9.79. The van der Waals surface area contributed by atoms with Gasteiger partial charge in [0, 0.05) is 13.0 Å². The maximum atomic E-state index is 10.3. The van der Waals surface area contributed by atoms with E-state index in [2.05, 4.69) is 0 Å². The van der Waals surface area contributed by atoms with E-state index in [1.165, 1.54) is 0 Å². The maximum Gasteiger partial charge on any atom is 0.303 e. The van der Waals surface area contributed by atoms with Crippen LogP contribution < -0.4 is 0 Å². The zero-order valence-corrected chi connectivity index (χ0v) is 8.00. The Labute approximate surface area is 73.4 Å². The highest BCUT2D eigenvalue weighted by atomic mass is 16.4. The van der Waals surface area contributed by atoms with E-state index in [1.807, 2.05) is 20.8 Å². The van der Waals surface area contributed by atoms with E-state index in [4.69, 9.17) is 10.2 Å². The van der Waals surface area contributed by atoms with Crippen molar-refractivity contribution < 1.29 is 15.0 Å². The number of rotatable bonds is 4. The maximum absolute atomic E-state index is 10.3. The van der Waals surface area contributed by atoms with Crippen LogP contribution in [0.2, 0.25) is 0 Å². The van der Waals surface area contributed by atoms with Gasteiger partial charge in [0.25, 0.3) is 0 Å². The van der Waals surface area contributed by atoms with Crippen molar-refractivity contribution in [1.29, 1.82) is 0 Å². The molecule has 0 amide bonds. The first kappa shape index (κ1) is 11.4. The summed E-state index contributed by atoms with van der Waals surface area (Å²) in [5.74, 6) is -0.716. The average molecular weight is 174 g/mol. The summed E-state index contributed by atoms with van der Waals surface area (Å²) >= 11 is 0. The highest BCUT2D eigenvalue weighted by Gasteiger charge is 2.23. The van der Waals surface area contributed by atoms with E-state index in [1.54, 1.807) is 0 Å². The van der Waals surface area contributed by atoms with Gasteiger partial charge in [0.2, 0.25) is 0 Å². The first-order valence-electron chi connectivity index (χ1n) is 4.20. The van der Waals surface area contributed by atoms with Crippen molar-refractivity contribution in [2.45, 2.75) is 33.6 Å². The minimum atomic E-state index is -0.794. The second-order valence-corrected chi connectivity index (χ2v) is 4.18. The molecule has 2 N–H and O–H groups in total. The normalized spacial score (nSPS) is 14.3. The van der Waals surface area contributed by atoms with E-state index in [-0.39, 0.29) is 24.4 Å². The van der Waals surface area contributed by atoms with Gasteiger partial charge in [-0.15, -0.1) is 0 Å². The van der Waals surface area contributed by atoms with Crippen molar-refractivity contribution in [1.82, 2.24) is 0 Å². The zero-order chi connectivity index (χ0) is 9.78. The molecular formula is C9H18O3. The van der Waals surface area contributed by atoms with E-state index in [0.717, 1.165) is 0 Å². The molecule has 3 nitrogen and oxygen atoms in total. The Bertz CT molecular complexity index is 146. The quantitative estimate of drug-likeness (QED) is 0.679. The molecule has 0 radical (unpaired) electrons. The van der Waals surface area contributed by atoms with Crippen molar-refractivity contribution in [2.75, 3.05) is 6.61 Å². The van der Waals surface area contributed by atoms with Gasteiger partial charge >= 0.3 is 5.97 Å². The van der Waals surface area contributed by atoms with Crippen LogP contribution in [0.1, 0.15) is 33.6 Å². The van der Waals surface area contributed by atoms with E-state index >= 15 is 0 Å². The fourth-order valence-electron chi connectivity index (χ4n) is 1.10. The van der Waals surface area contributed by atoms with Crippen molar-refractivity contribution in [2.24, 2.45) is 11.3 Å². The molecule has 1 unspecified atom stereocenters. The van der Waals surface area contributed by atoms with Crippen LogP contribution in [0, 0.1) is 11.3 Å². The molecule has 0 rings (SSSR count). The molecule has 0 saturated carbocycles. The molecule has 12 heavy (non-hydrogen) atoms. The Morgan fingerprint density at radius 1 is 1.42 bits per heavy atom. The topological polar surface area (TPSA) is 57.5 Å². The molecule has 0 spiro atoms. The minimum Gasteiger partial charge on any atom is -0.481 e. The lowest BCUT2D eigenvalue weighted by molar-refractivity contribution is -0.137. The number of carbonyl (C=O) groups is 1. The van der Waals surface area contributed by atoms with Gasteiger partial charge in [0.05, 0.1) is 0 Å². The van der Waals surface area contributed by atoms with E-state index < -0.39 is 5.97 Å². The lowest BCUT2D eigenvalue weighted by Crippen LogP contribution is -2.24. The van der Waals surface area contributed by atoms with Crippen LogP contribution in [0.5, 0.6) is 0 Å². The number of aliphatic carboxylic acids is 1. The molecule has 0 aromatic heterocycles. The Balaban J connectivity index is 3.92. The summed E-state index contributed by atoms with van der Waals surface area (Å²) in [6.07, 6.45) is 0.692. The molecule has 0 aliphatic heterocycles. The van der Waals surface area contributed by atoms with Crippen molar-refractivity contribution in [3.63, 3.8) is 0 Å². The molecule has 0 bridgehead atoms. The highest BCUT2D eigenvalue weighted by Crippen LogP contribution is 2.28. The Morgan fingerprint density at radius 2 is 1.92 bits per heavy atom. The third-order valence-corrected chi connectivity index (χ3v) is 2.15. The predicted octanol–water partition coefficient (Wildman–Crippen LogP) is 1.51. The lowest BCUT2D eigenvalue weighted by Gasteiger charge is -2.28. The smallest absolute Gasteiger partial charge is 0.303 e. The Morgan fingerprint density at radius 3 is 2.17 bits per heavy atom. The van der Waals surface area contributed by atoms with Crippen molar-refractivity contribution in [3.8, 4) is 0 Å². The molecule has 0 aromatic rings. The van der Waals surface area contributed by atoms with Gasteiger partial charge in [0.15, 0.2) is 0 Å². The van der Waals surface area contributed by atoms with Crippen LogP contribution in [0.15, 0.2) is 0 Å². The summed E-state index contributed by atoms with van der Waals surface area (Å²) in [6.45, 7) is 6.10. The second-order valence-electron chi connectivity index (χ2n) is 4.18. The zero-order valence-electron chi connectivity index (χ0n) is 8.00. The molecule has 0 aromatic carbocycles. The van der Waals surface area contributed by atoms with E-state index in [9.17, 15) is 4.79 Å². The number of hydrogen-bond acceptors (Lipinski definition) is 2. The summed E-state index contributed by atoms with van der Waals surface area (Å²) in [5.41, 5.74) is -0.00972. The van der Waals surface area contributed by atoms with Crippen LogP contribution in [-0.2, 0) is 4.79 Å². The Hall–Kier alpha value is -0.570. The molecule has 0 aliphatic rings. The summed E-state index contributed by atoms with van der Waals surface area (Å²) in [7, 11) is 0. The van der Waals surface area contributed by atoms with Gasteiger partial charge in [-0.2, -0.15) is 0 Å². The molecule has 72 valence electrons. The fourth-order valence-corrected chi connectivity index (χ4v) is 1.10. The minimum absolute atomic E-state index is 0.00972. The van der Waals surface area contributed by atoms with Gasteiger partial charge in [-0.3, -0.25) is 4.79 Å². The number of carboxylic acids is 1. The summed E-state index contributed by atoms with van der Waals surface area (Å²) in [5, 5.41) is 17.4. The standard InChI is InChI=1S/C9H18O3/c1-9(2,3)7(6-10)4-5-8(11)12/h7,10H,4-6H2,1-3H3,(H,11,12). The number of aliphatic hydroxyl groups is 1. The predicted molar refractivity (Wildman–Crippen MR) is 46.9 cm³/mol. The van der Waals surface area contributed by atoms with Gasteiger partial charge in [0.1, 0.15) is 0 Å². The third-order valence-electron chi connectivity index (χ3n) is 2.15. The van der Waals surface area contributed by atoms with Crippen LogP contribution in [0.4, 0.5) is 0 Å². The van der Waals surface area contributed by atoms with Gasteiger partial charge < -0.3 is 10.2 Å². The van der Waals surface area contributed by atoms with E-state index in [0.29, 0.717) is 6.42 Å². The molecule has 0 heterocycles. The number of aliphatic hydroxyl groups excluding tert-OH is 1. The highest BCUT2D eigenvalue weighted by molar-refractivity contribution is 5.66. The first-order chi connectivity index (χ1) is 5.38. The summed E-state index contributed by atoms with van der Waals surface area (Å²) < 4.78 is 0. The largest absolute Gasteiger partial charge is 0.481 e. The van der Waals surface area contributed by atoms with Crippen LogP contribution in [-0.4, -0.2) is 22.8 Å². The van der Waals surface area contributed by atoms with Crippen LogP contribution >= 0.6 is 0 Å². The molecule has 1 atom stereocenters. The monoisotopic (exact) mass is 174 g/mol. The summed E-state index contributed by atoms with van der Waals surface area (Å²) in [4.78, 5) is 10.3. The third kappa shape index (κ3) is 4.34. The van der Waals surface area contributed by atoms with Crippen molar-refractivity contribution in [3.05, 3.63) is 0 Å². The molecule has 3 heteroatoms. The first-order valence-corrected chi connectivity index (χ1v) is 4.20. The number of carboxylic acid groups (broad SMARTS) is 1. The van der Waals surface area contributed by atoms with Gasteiger partial charge in [-0.1, -0.05) is 20.8 Å². The average Bonchev–Trinajstić information content (AvgIpc) is 1.85. The molecule has 0 aliphatic carbocycles. The molecular weight excluding hydrogens is 156 g/mol. The van der Waals surface area contributed by atoms with Crippen LogP contribution in [0.25, 0.3) is 0 Å².